The van der Waals surface area contributed by atoms with E-state index in [1.165, 1.54) is 0 Å². The largest absolute Gasteiger partial charge is 0.481 e. The highest BCUT2D eigenvalue weighted by Crippen LogP contribution is 2.17. The second-order valence-corrected chi connectivity index (χ2v) is 6.78. The second kappa shape index (κ2) is 10.4. The number of ether oxygens (including phenoxy) is 2. The number of carboxylic acids is 1. The quantitative estimate of drug-likeness (QED) is 0.466. The molecule has 4 atom stereocenters. The van der Waals surface area contributed by atoms with Crippen LogP contribution in [0.3, 0.4) is 0 Å². The number of thioether (sulfide) groups is 1. The van der Waals surface area contributed by atoms with Gasteiger partial charge in [-0.3, -0.25) is 10.1 Å². The minimum Gasteiger partial charge on any atom is -0.481 e. The van der Waals surface area contributed by atoms with Crippen LogP contribution in [-0.4, -0.2) is 60.2 Å². The Hall–Kier alpha value is -0.340. The number of methoxy groups -OCH3 is 1. The third kappa shape index (κ3) is 8.01. The molecule has 3 unspecified atom stereocenters. The average Bonchev–Trinajstić information content (AvgIpc) is 2.38. The third-order valence-corrected chi connectivity index (χ3v) is 4.51. The van der Waals surface area contributed by atoms with Crippen molar-refractivity contribution in [1.29, 1.82) is 0 Å². The molecule has 0 aromatic carbocycles. The van der Waals surface area contributed by atoms with Crippen LogP contribution in [0.5, 0.6) is 0 Å². The normalized spacial score (nSPS) is 18.8. The summed E-state index contributed by atoms with van der Waals surface area (Å²) in [7, 11) is 1.62. The van der Waals surface area contributed by atoms with Crippen LogP contribution in [0.15, 0.2) is 0 Å². The van der Waals surface area contributed by atoms with Crippen molar-refractivity contribution in [2.24, 2.45) is 5.73 Å². The first-order valence-corrected chi connectivity index (χ1v) is 8.35. The van der Waals surface area contributed by atoms with Crippen molar-refractivity contribution in [3.05, 3.63) is 0 Å². The summed E-state index contributed by atoms with van der Waals surface area (Å²) in [5.41, 5.74) is 5.30. The Bertz CT molecular complexity index is 307. The number of carboxylic acid groups (broad SMARTS) is 1. The first-order chi connectivity index (χ1) is 9.79. The number of aliphatic carboxylic acids is 1. The summed E-state index contributed by atoms with van der Waals surface area (Å²) in [6.07, 6.45) is -0.321. The first-order valence-electron chi connectivity index (χ1n) is 7.30. The summed E-state index contributed by atoms with van der Waals surface area (Å²) < 4.78 is 11.0. The summed E-state index contributed by atoms with van der Waals surface area (Å²) >= 11 is 1.78. The van der Waals surface area contributed by atoms with Gasteiger partial charge in [0, 0.05) is 31.6 Å². The molecular formula is C14H30N2O4S. The maximum atomic E-state index is 11.0. The fourth-order valence-electron chi connectivity index (χ4n) is 2.14. The van der Waals surface area contributed by atoms with E-state index in [-0.39, 0.29) is 23.8 Å². The lowest BCUT2D eigenvalue weighted by atomic mass is 10.1. The van der Waals surface area contributed by atoms with Gasteiger partial charge in [0.2, 0.25) is 0 Å². The van der Waals surface area contributed by atoms with Gasteiger partial charge in [0.05, 0.1) is 12.5 Å². The Morgan fingerprint density at radius 2 is 2.10 bits per heavy atom. The molecule has 4 N–H and O–H groups in total. The molecule has 0 spiro atoms. The fraction of sp³-hybridized carbons (Fsp3) is 0.929. The monoisotopic (exact) mass is 322 g/mol. The number of rotatable bonds is 12. The van der Waals surface area contributed by atoms with E-state index >= 15 is 0 Å². The van der Waals surface area contributed by atoms with Gasteiger partial charge < -0.3 is 20.3 Å². The molecule has 0 bridgehead atoms. The van der Waals surface area contributed by atoms with E-state index in [1.807, 2.05) is 6.92 Å². The molecule has 0 rings (SSSR count). The van der Waals surface area contributed by atoms with Gasteiger partial charge in [-0.2, -0.15) is 11.8 Å². The zero-order chi connectivity index (χ0) is 16.5. The molecule has 0 aromatic heterocycles. The maximum Gasteiger partial charge on any atom is 0.307 e. The zero-order valence-corrected chi connectivity index (χ0v) is 14.5. The van der Waals surface area contributed by atoms with E-state index in [1.54, 1.807) is 25.8 Å². The highest BCUT2D eigenvalue weighted by atomic mass is 32.2. The van der Waals surface area contributed by atoms with Crippen LogP contribution in [0.2, 0.25) is 0 Å². The van der Waals surface area contributed by atoms with Crippen molar-refractivity contribution >= 4 is 17.7 Å². The van der Waals surface area contributed by atoms with E-state index in [2.05, 4.69) is 19.2 Å². The van der Waals surface area contributed by atoms with Gasteiger partial charge in [-0.05, 0) is 19.6 Å². The molecule has 0 aliphatic heterocycles. The lowest BCUT2D eigenvalue weighted by Crippen LogP contribution is -2.54. The first kappa shape index (κ1) is 20.7. The minimum absolute atomic E-state index is 0.119. The molecule has 0 saturated heterocycles. The maximum absolute atomic E-state index is 11.0. The number of nitrogens with one attached hydrogen (secondary N) is 1. The van der Waals surface area contributed by atoms with Crippen molar-refractivity contribution in [3.8, 4) is 0 Å². The van der Waals surface area contributed by atoms with Crippen molar-refractivity contribution in [1.82, 2.24) is 5.32 Å². The SMILES string of the molecule is CCOC(C)(CC(=O)O)NCC(OC)[C@@H](N)C(C)SCC. The lowest BCUT2D eigenvalue weighted by Gasteiger charge is -2.33. The fourth-order valence-corrected chi connectivity index (χ4v) is 3.06. The van der Waals surface area contributed by atoms with Crippen LogP contribution >= 0.6 is 11.8 Å². The highest BCUT2D eigenvalue weighted by Gasteiger charge is 2.31. The third-order valence-electron chi connectivity index (χ3n) is 3.33. The zero-order valence-electron chi connectivity index (χ0n) is 13.7. The van der Waals surface area contributed by atoms with Crippen LogP contribution in [0.4, 0.5) is 0 Å². The Morgan fingerprint density at radius 1 is 1.48 bits per heavy atom. The molecule has 0 heterocycles. The molecule has 0 radical (unpaired) electrons. The predicted molar refractivity (Wildman–Crippen MR) is 86.7 cm³/mol. The minimum atomic E-state index is -0.918. The van der Waals surface area contributed by atoms with Gasteiger partial charge >= 0.3 is 5.97 Å². The molecule has 0 aromatic rings. The van der Waals surface area contributed by atoms with Crippen molar-refractivity contribution in [3.63, 3.8) is 0 Å². The van der Waals surface area contributed by atoms with Crippen LogP contribution < -0.4 is 11.1 Å². The molecule has 0 saturated carbocycles. The molecule has 7 heteroatoms. The van der Waals surface area contributed by atoms with Crippen molar-refractivity contribution in [2.45, 2.75) is 57.2 Å². The van der Waals surface area contributed by atoms with Crippen LogP contribution in [0.25, 0.3) is 0 Å². The van der Waals surface area contributed by atoms with Gasteiger partial charge in [0.1, 0.15) is 5.72 Å². The average molecular weight is 322 g/mol. The van der Waals surface area contributed by atoms with E-state index < -0.39 is 11.7 Å². The summed E-state index contributed by atoms with van der Waals surface area (Å²) in [6, 6.07) is -0.136. The smallest absolute Gasteiger partial charge is 0.307 e. The number of nitrogens with two attached hydrogens (primary N) is 1. The summed E-state index contributed by atoms with van der Waals surface area (Å²) in [5, 5.41) is 12.4. The highest BCUT2D eigenvalue weighted by molar-refractivity contribution is 7.99. The molecule has 21 heavy (non-hydrogen) atoms. The molecule has 0 aliphatic carbocycles. The standard InChI is InChI=1S/C14H30N2O4S/c1-6-20-14(4,8-12(17)18)16-9-11(19-5)13(15)10(3)21-7-2/h10-11,13,16H,6-9,15H2,1-5H3,(H,17,18)/t10?,11?,13-,14?/m0/s1. The summed E-state index contributed by atoms with van der Waals surface area (Å²) in [4.78, 5) is 11.0. The van der Waals surface area contributed by atoms with E-state index in [9.17, 15) is 4.79 Å². The number of hydrogen-bond acceptors (Lipinski definition) is 6. The number of hydrogen-bond donors (Lipinski definition) is 3. The molecule has 0 fully saturated rings. The van der Waals surface area contributed by atoms with E-state index in [0.29, 0.717) is 13.2 Å². The van der Waals surface area contributed by atoms with Gasteiger partial charge in [-0.1, -0.05) is 13.8 Å². The molecular weight excluding hydrogens is 292 g/mol. The number of carbonyl (C=O) groups is 1. The molecule has 126 valence electrons. The Labute approximate surface area is 132 Å². The van der Waals surface area contributed by atoms with Crippen molar-refractivity contribution in [2.75, 3.05) is 26.0 Å². The molecule has 0 amide bonds. The molecule has 6 nitrogen and oxygen atoms in total. The lowest BCUT2D eigenvalue weighted by molar-refractivity contribution is -0.147. The predicted octanol–water partition coefficient (Wildman–Crippen LogP) is 1.29. The van der Waals surface area contributed by atoms with E-state index in [4.69, 9.17) is 20.3 Å². The van der Waals surface area contributed by atoms with Gasteiger partial charge in [-0.25, -0.2) is 0 Å². The van der Waals surface area contributed by atoms with Gasteiger partial charge in [-0.15, -0.1) is 0 Å². The van der Waals surface area contributed by atoms with Gasteiger partial charge in [0.15, 0.2) is 0 Å². The van der Waals surface area contributed by atoms with Gasteiger partial charge in [0.25, 0.3) is 0 Å². The Morgan fingerprint density at radius 3 is 2.52 bits per heavy atom. The summed E-state index contributed by atoms with van der Waals surface area (Å²) in [5.74, 6) is 0.0839. The molecule has 0 aliphatic rings. The van der Waals surface area contributed by atoms with Crippen molar-refractivity contribution < 1.29 is 19.4 Å². The Balaban J connectivity index is 4.61. The summed E-state index contributed by atoms with van der Waals surface area (Å²) in [6.45, 7) is 8.60. The van der Waals surface area contributed by atoms with Crippen LogP contribution in [-0.2, 0) is 14.3 Å². The van der Waals surface area contributed by atoms with Crippen LogP contribution in [0.1, 0.15) is 34.1 Å². The Kier molecular flexibility index (Phi) is 10.2. The second-order valence-electron chi connectivity index (χ2n) is 5.13. The van der Waals surface area contributed by atoms with Crippen LogP contribution in [0, 0.1) is 0 Å². The topological polar surface area (TPSA) is 93.8 Å². The van der Waals surface area contributed by atoms with E-state index in [0.717, 1.165) is 5.75 Å².